The lowest BCUT2D eigenvalue weighted by Gasteiger charge is -2.28. The number of carbonyl (C=O) groups excluding carboxylic acids is 4. The topological polar surface area (TPSA) is 121 Å². The lowest BCUT2D eigenvalue weighted by molar-refractivity contribution is -0.131. The minimum Gasteiger partial charge on any atom is -0.459 e. The van der Waals surface area contributed by atoms with Gasteiger partial charge in [0.15, 0.2) is 11.7 Å². The first-order valence-corrected chi connectivity index (χ1v) is 7.66. The molecule has 0 bridgehead atoms. The molecule has 2 N–H and O–H groups in total. The molecule has 9 nitrogen and oxygen atoms in total. The Hall–Kier alpha value is -3.46. The van der Waals surface area contributed by atoms with Crippen LogP contribution < -0.4 is 15.6 Å². The van der Waals surface area contributed by atoms with Gasteiger partial charge in [0, 0.05) is 11.2 Å². The molecule has 0 spiro atoms. The maximum atomic E-state index is 12.5. The Morgan fingerprint density at radius 3 is 2.62 bits per heavy atom. The number of hydrogen-bond donors (Lipinski definition) is 2. The van der Waals surface area contributed by atoms with Crippen molar-refractivity contribution in [2.45, 2.75) is 0 Å². The van der Waals surface area contributed by atoms with Crippen molar-refractivity contribution >= 4 is 47.3 Å². The predicted octanol–water partition coefficient (Wildman–Crippen LogP) is 1.55. The van der Waals surface area contributed by atoms with Crippen molar-refractivity contribution in [3.8, 4) is 0 Å². The molecule has 26 heavy (non-hydrogen) atoms. The Kier molecular flexibility index (Phi) is 4.81. The van der Waals surface area contributed by atoms with Crippen LogP contribution in [0.4, 0.5) is 10.5 Å². The highest BCUT2D eigenvalue weighted by Gasteiger charge is 2.40. The number of halogens is 1. The van der Waals surface area contributed by atoms with Crippen molar-refractivity contribution < 1.29 is 23.6 Å². The van der Waals surface area contributed by atoms with E-state index in [1.165, 1.54) is 42.7 Å². The molecular formula is C16H11ClN4O5. The van der Waals surface area contributed by atoms with E-state index in [0.29, 0.717) is 5.02 Å². The van der Waals surface area contributed by atoms with Crippen LogP contribution in [0.3, 0.4) is 0 Å². The predicted molar refractivity (Wildman–Crippen MR) is 90.6 cm³/mol. The fraction of sp³-hybridized carbons (Fsp3) is 0.0625. The lowest BCUT2D eigenvalue weighted by Crippen LogP contribution is -2.58. The fourth-order valence-electron chi connectivity index (χ4n) is 2.19. The first-order chi connectivity index (χ1) is 12.5. The summed E-state index contributed by atoms with van der Waals surface area (Å²) in [6.07, 6.45) is 2.25. The van der Waals surface area contributed by atoms with Gasteiger partial charge >= 0.3 is 11.9 Å². The summed E-state index contributed by atoms with van der Waals surface area (Å²) in [6.45, 7) is 0. The number of hydrogen-bond acceptors (Lipinski definition) is 6. The minimum atomic E-state index is -1.39. The summed E-state index contributed by atoms with van der Waals surface area (Å²) in [6, 6.07) is 7.98. The van der Waals surface area contributed by atoms with Crippen molar-refractivity contribution in [3.05, 3.63) is 53.4 Å². The Bertz CT molecular complexity index is 892. The van der Waals surface area contributed by atoms with Gasteiger partial charge in [0.25, 0.3) is 5.91 Å². The number of anilines is 1. The van der Waals surface area contributed by atoms with E-state index in [1.54, 1.807) is 0 Å². The van der Waals surface area contributed by atoms with Crippen LogP contribution in [-0.2, 0) is 9.59 Å². The average Bonchev–Trinajstić information content (AvgIpc) is 3.14. The van der Waals surface area contributed by atoms with E-state index in [1.807, 2.05) is 0 Å². The van der Waals surface area contributed by atoms with E-state index in [2.05, 4.69) is 15.8 Å². The van der Waals surface area contributed by atoms with E-state index in [-0.39, 0.29) is 11.4 Å². The molecule has 1 fully saturated rings. The Labute approximate surface area is 151 Å². The molecule has 3 rings (SSSR count). The van der Waals surface area contributed by atoms with Gasteiger partial charge in [0.2, 0.25) is 5.91 Å². The second-order valence-electron chi connectivity index (χ2n) is 5.12. The van der Waals surface area contributed by atoms with Gasteiger partial charge in [-0.2, -0.15) is 5.10 Å². The first kappa shape index (κ1) is 17.4. The maximum Gasteiger partial charge on any atom is 0.335 e. The van der Waals surface area contributed by atoms with Gasteiger partial charge in [-0.15, -0.1) is 0 Å². The molecule has 0 unspecified atom stereocenters. The number of rotatable bonds is 4. The van der Waals surface area contributed by atoms with Gasteiger partial charge in [-0.05, 0) is 36.4 Å². The molecule has 2 heterocycles. The van der Waals surface area contributed by atoms with E-state index >= 15 is 0 Å². The van der Waals surface area contributed by atoms with Gasteiger partial charge in [0.1, 0.15) is 0 Å². The van der Waals surface area contributed by atoms with Crippen molar-refractivity contribution in [3.63, 3.8) is 0 Å². The molecule has 2 aromatic rings. The maximum absolute atomic E-state index is 12.5. The Morgan fingerprint density at radius 2 is 1.96 bits per heavy atom. The number of urea groups is 1. The molecule has 1 aromatic carbocycles. The molecule has 10 heteroatoms. The number of benzene rings is 1. The zero-order chi connectivity index (χ0) is 18.7. The number of hydrazone groups is 1. The molecule has 5 amide bonds. The quantitative estimate of drug-likeness (QED) is 0.477. The normalized spacial score (nSPS) is 17.5. The second kappa shape index (κ2) is 7.19. The lowest BCUT2D eigenvalue weighted by atomic mass is 10.1. The summed E-state index contributed by atoms with van der Waals surface area (Å²) in [5.41, 5.74) is 2.37. The summed E-state index contributed by atoms with van der Waals surface area (Å²) in [7, 11) is 0. The third kappa shape index (κ3) is 3.47. The van der Waals surface area contributed by atoms with Crippen LogP contribution in [0.1, 0.15) is 10.6 Å². The van der Waals surface area contributed by atoms with Gasteiger partial charge < -0.3 is 4.42 Å². The van der Waals surface area contributed by atoms with Crippen LogP contribution in [0, 0.1) is 5.92 Å². The Morgan fingerprint density at radius 1 is 1.23 bits per heavy atom. The third-order valence-corrected chi connectivity index (χ3v) is 3.67. The summed E-state index contributed by atoms with van der Waals surface area (Å²) >= 11 is 5.79. The smallest absolute Gasteiger partial charge is 0.335 e. The number of nitrogens with one attached hydrogen (secondary N) is 2. The summed E-state index contributed by atoms with van der Waals surface area (Å²) in [5.74, 6) is -3.68. The molecule has 1 aliphatic heterocycles. The average molecular weight is 375 g/mol. The summed E-state index contributed by atoms with van der Waals surface area (Å²) in [5, 5.41) is 6.08. The number of imide groups is 2. The van der Waals surface area contributed by atoms with Crippen LogP contribution in [0.15, 0.2) is 52.2 Å². The fourth-order valence-corrected chi connectivity index (χ4v) is 2.32. The van der Waals surface area contributed by atoms with Crippen molar-refractivity contribution in [2.75, 3.05) is 4.90 Å². The zero-order valence-electron chi connectivity index (χ0n) is 13.0. The van der Waals surface area contributed by atoms with Crippen LogP contribution in [0.2, 0.25) is 5.02 Å². The largest absolute Gasteiger partial charge is 0.459 e. The van der Waals surface area contributed by atoms with E-state index < -0.39 is 29.7 Å². The highest BCUT2D eigenvalue weighted by molar-refractivity contribution is 6.33. The first-order valence-electron chi connectivity index (χ1n) is 7.29. The molecule has 0 aliphatic carbocycles. The molecule has 1 aliphatic rings. The molecule has 1 saturated heterocycles. The monoisotopic (exact) mass is 374 g/mol. The van der Waals surface area contributed by atoms with Crippen LogP contribution in [0.25, 0.3) is 0 Å². The standard InChI is InChI=1S/C16H11ClN4O5/c17-9-3-5-10(6-4-9)21-15(24)11(13(22)19-16(21)25)8-18-20-14(23)12-2-1-7-26-12/h1-8,11H,(H,20,23)(H,19,22,25)/b18-8-/t11-/m0/s1. The number of carbonyl (C=O) groups is 4. The van der Waals surface area contributed by atoms with Crippen LogP contribution in [-0.4, -0.2) is 30.0 Å². The molecule has 1 aromatic heterocycles. The highest BCUT2D eigenvalue weighted by atomic mass is 35.5. The molecule has 0 saturated carbocycles. The van der Waals surface area contributed by atoms with Crippen molar-refractivity contribution in [1.82, 2.24) is 10.7 Å². The van der Waals surface area contributed by atoms with Gasteiger partial charge in [-0.1, -0.05) is 11.6 Å². The molecule has 132 valence electrons. The van der Waals surface area contributed by atoms with E-state index in [4.69, 9.17) is 16.0 Å². The van der Waals surface area contributed by atoms with E-state index in [0.717, 1.165) is 11.1 Å². The number of barbiturate groups is 1. The number of furan rings is 1. The number of amides is 5. The van der Waals surface area contributed by atoms with Crippen LogP contribution in [0.5, 0.6) is 0 Å². The third-order valence-electron chi connectivity index (χ3n) is 3.42. The number of nitrogens with zero attached hydrogens (tertiary/aromatic N) is 2. The zero-order valence-corrected chi connectivity index (χ0v) is 13.8. The van der Waals surface area contributed by atoms with Gasteiger partial charge in [-0.25, -0.2) is 15.1 Å². The molecular weight excluding hydrogens is 364 g/mol. The van der Waals surface area contributed by atoms with Crippen molar-refractivity contribution in [2.24, 2.45) is 11.0 Å². The summed E-state index contributed by atoms with van der Waals surface area (Å²) in [4.78, 5) is 48.9. The van der Waals surface area contributed by atoms with Crippen LogP contribution >= 0.6 is 11.6 Å². The van der Waals surface area contributed by atoms with Crippen molar-refractivity contribution in [1.29, 1.82) is 0 Å². The van der Waals surface area contributed by atoms with E-state index in [9.17, 15) is 19.2 Å². The molecule has 0 radical (unpaired) electrons. The highest BCUT2D eigenvalue weighted by Crippen LogP contribution is 2.22. The minimum absolute atomic E-state index is 0.0135. The Balaban J connectivity index is 1.76. The second-order valence-corrected chi connectivity index (χ2v) is 5.55. The SMILES string of the molecule is O=C(N/N=C\[C@H]1C(=O)NC(=O)N(c2ccc(Cl)cc2)C1=O)c1ccco1. The molecule has 1 atom stereocenters. The van der Waals surface area contributed by atoms with Gasteiger partial charge in [0.05, 0.1) is 12.0 Å². The van der Waals surface area contributed by atoms with Gasteiger partial charge in [-0.3, -0.25) is 19.7 Å². The summed E-state index contributed by atoms with van der Waals surface area (Å²) < 4.78 is 4.88.